The summed E-state index contributed by atoms with van der Waals surface area (Å²) in [6.07, 6.45) is 1.30. The summed E-state index contributed by atoms with van der Waals surface area (Å²) in [6, 6.07) is 18.5. The number of hydrogen-bond acceptors (Lipinski definition) is 4. The fraction of sp³-hybridized carbons (Fsp3) is 0.364. The predicted octanol–water partition coefficient (Wildman–Crippen LogP) is 2.74. The van der Waals surface area contributed by atoms with Crippen LogP contribution in [0.2, 0.25) is 0 Å². The fourth-order valence-corrected chi connectivity index (χ4v) is 3.83. The van der Waals surface area contributed by atoms with Crippen molar-refractivity contribution in [1.29, 1.82) is 0 Å². The lowest BCUT2D eigenvalue weighted by Gasteiger charge is -2.41. The van der Waals surface area contributed by atoms with Gasteiger partial charge in [0, 0.05) is 0 Å². The first-order chi connectivity index (χ1) is 13.2. The summed E-state index contributed by atoms with van der Waals surface area (Å²) in [5, 5.41) is 37.5. The molecule has 0 aliphatic heterocycles. The molecule has 0 saturated heterocycles. The van der Waals surface area contributed by atoms with Crippen molar-refractivity contribution in [2.75, 3.05) is 0 Å². The van der Waals surface area contributed by atoms with E-state index in [1.807, 2.05) is 60.7 Å². The standard InChI is InChI=1S/2C11H12O3/c2*12-10(13)8-6-11(14,7-8)9-4-2-1-3-5-9/h2*1-5,8,14H,6-7H2,(H,12,13). The van der Waals surface area contributed by atoms with Crippen LogP contribution < -0.4 is 0 Å². The first kappa shape index (κ1) is 20.0. The van der Waals surface area contributed by atoms with Crippen molar-refractivity contribution in [2.45, 2.75) is 36.9 Å². The Bertz CT molecular complexity index is 749. The first-order valence-electron chi connectivity index (χ1n) is 9.25. The monoisotopic (exact) mass is 384 g/mol. The third-order valence-electron chi connectivity index (χ3n) is 5.66. The Morgan fingerprint density at radius 1 is 0.643 bits per heavy atom. The number of benzene rings is 2. The van der Waals surface area contributed by atoms with Crippen molar-refractivity contribution in [3.05, 3.63) is 71.8 Å². The van der Waals surface area contributed by atoms with E-state index >= 15 is 0 Å². The van der Waals surface area contributed by atoms with Gasteiger partial charge >= 0.3 is 11.9 Å². The van der Waals surface area contributed by atoms with E-state index < -0.39 is 23.1 Å². The lowest BCUT2D eigenvalue weighted by molar-refractivity contribution is -0.160. The van der Waals surface area contributed by atoms with Crippen molar-refractivity contribution in [3.8, 4) is 0 Å². The lowest BCUT2D eigenvalue weighted by Crippen LogP contribution is -2.44. The number of carbonyl (C=O) groups is 2. The average Bonchev–Trinajstić information content (AvgIpc) is 2.64. The zero-order valence-corrected chi connectivity index (χ0v) is 15.4. The highest BCUT2D eigenvalue weighted by Crippen LogP contribution is 2.46. The van der Waals surface area contributed by atoms with Gasteiger partial charge in [-0.15, -0.1) is 0 Å². The smallest absolute Gasteiger partial charge is 0.306 e. The largest absolute Gasteiger partial charge is 0.481 e. The van der Waals surface area contributed by atoms with Gasteiger partial charge < -0.3 is 20.4 Å². The van der Waals surface area contributed by atoms with Crippen molar-refractivity contribution >= 4 is 11.9 Å². The Kier molecular flexibility index (Phi) is 5.54. The van der Waals surface area contributed by atoms with Gasteiger partial charge in [-0.25, -0.2) is 0 Å². The topological polar surface area (TPSA) is 115 Å². The maximum absolute atomic E-state index is 10.6. The Hall–Kier alpha value is -2.70. The van der Waals surface area contributed by atoms with Crippen LogP contribution in [0, 0.1) is 11.8 Å². The molecule has 0 amide bonds. The van der Waals surface area contributed by atoms with Gasteiger partial charge in [0.2, 0.25) is 0 Å². The summed E-state index contributed by atoms with van der Waals surface area (Å²) in [7, 11) is 0. The Morgan fingerprint density at radius 3 is 1.18 bits per heavy atom. The minimum absolute atomic E-state index is 0.326. The fourth-order valence-electron chi connectivity index (χ4n) is 3.83. The molecule has 0 unspecified atom stereocenters. The molecule has 6 heteroatoms. The van der Waals surface area contributed by atoms with Gasteiger partial charge in [0.25, 0.3) is 0 Å². The van der Waals surface area contributed by atoms with Crippen LogP contribution in [-0.4, -0.2) is 32.4 Å². The Morgan fingerprint density at radius 2 is 0.929 bits per heavy atom. The highest BCUT2D eigenvalue weighted by molar-refractivity contribution is 5.72. The molecule has 0 radical (unpaired) electrons. The number of carboxylic acid groups (broad SMARTS) is 2. The summed E-state index contributed by atoms with van der Waals surface area (Å²) in [4.78, 5) is 21.2. The second kappa shape index (κ2) is 7.73. The molecule has 4 N–H and O–H groups in total. The molecule has 2 aliphatic rings. The molecule has 2 fully saturated rings. The van der Waals surface area contributed by atoms with Gasteiger partial charge in [-0.05, 0) is 36.8 Å². The van der Waals surface area contributed by atoms with Crippen LogP contribution in [0.3, 0.4) is 0 Å². The van der Waals surface area contributed by atoms with E-state index in [2.05, 4.69) is 0 Å². The summed E-state index contributed by atoms with van der Waals surface area (Å²) in [5.41, 5.74) is -0.191. The number of aliphatic hydroxyl groups is 2. The highest BCUT2D eigenvalue weighted by atomic mass is 16.4. The van der Waals surface area contributed by atoms with E-state index in [9.17, 15) is 19.8 Å². The van der Waals surface area contributed by atoms with Crippen LogP contribution in [-0.2, 0) is 20.8 Å². The van der Waals surface area contributed by atoms with E-state index in [0.717, 1.165) is 11.1 Å². The van der Waals surface area contributed by atoms with Gasteiger partial charge in [0.1, 0.15) is 0 Å². The van der Waals surface area contributed by atoms with Gasteiger partial charge in [0.15, 0.2) is 0 Å². The normalized spacial score (nSPS) is 30.8. The molecular formula is C22H24O6. The van der Waals surface area contributed by atoms with Crippen molar-refractivity contribution in [2.24, 2.45) is 11.8 Å². The van der Waals surface area contributed by atoms with Crippen LogP contribution in [0.4, 0.5) is 0 Å². The molecule has 2 aliphatic carbocycles. The molecule has 2 aromatic carbocycles. The van der Waals surface area contributed by atoms with Gasteiger partial charge in [-0.3, -0.25) is 9.59 Å². The van der Waals surface area contributed by atoms with Crippen molar-refractivity contribution in [3.63, 3.8) is 0 Å². The number of hydrogen-bond donors (Lipinski definition) is 4. The van der Waals surface area contributed by atoms with E-state index in [0.29, 0.717) is 25.7 Å². The minimum atomic E-state index is -0.912. The summed E-state index contributed by atoms with van der Waals surface area (Å²) < 4.78 is 0. The molecule has 2 aromatic rings. The van der Waals surface area contributed by atoms with Crippen LogP contribution in [0.25, 0.3) is 0 Å². The summed E-state index contributed by atoms with van der Waals surface area (Å²) in [5.74, 6) is -2.41. The second-order valence-electron chi connectivity index (χ2n) is 7.68. The lowest BCUT2D eigenvalue weighted by atomic mass is 9.67. The predicted molar refractivity (Wildman–Crippen MR) is 101 cm³/mol. The SMILES string of the molecule is O=C(O)C1CC(O)(c2ccccc2)C1.O=C(O)C1CC(O)(c2ccccc2)C1. The van der Waals surface area contributed by atoms with Gasteiger partial charge in [-0.1, -0.05) is 60.7 Å². The molecule has 0 atom stereocenters. The molecule has 2 saturated carbocycles. The molecule has 28 heavy (non-hydrogen) atoms. The minimum Gasteiger partial charge on any atom is -0.481 e. The second-order valence-corrected chi connectivity index (χ2v) is 7.68. The zero-order valence-electron chi connectivity index (χ0n) is 15.4. The van der Waals surface area contributed by atoms with Crippen LogP contribution in [0.15, 0.2) is 60.7 Å². The third-order valence-corrected chi connectivity index (χ3v) is 5.66. The average molecular weight is 384 g/mol. The van der Waals surface area contributed by atoms with Crippen LogP contribution in [0.5, 0.6) is 0 Å². The molecular weight excluding hydrogens is 360 g/mol. The number of rotatable bonds is 4. The van der Waals surface area contributed by atoms with E-state index in [1.165, 1.54) is 0 Å². The maximum Gasteiger partial charge on any atom is 0.306 e. The third kappa shape index (κ3) is 4.08. The van der Waals surface area contributed by atoms with E-state index in [-0.39, 0.29) is 11.8 Å². The van der Waals surface area contributed by atoms with Crippen molar-refractivity contribution in [1.82, 2.24) is 0 Å². The molecule has 4 rings (SSSR count). The molecule has 148 valence electrons. The molecule has 0 spiro atoms. The number of carboxylic acids is 2. The molecule has 0 aromatic heterocycles. The van der Waals surface area contributed by atoms with Gasteiger partial charge in [-0.2, -0.15) is 0 Å². The zero-order chi connectivity index (χ0) is 20.4. The molecule has 0 bridgehead atoms. The van der Waals surface area contributed by atoms with E-state index in [1.54, 1.807) is 0 Å². The highest BCUT2D eigenvalue weighted by Gasteiger charge is 2.48. The number of aliphatic carboxylic acids is 2. The Labute approximate surface area is 163 Å². The van der Waals surface area contributed by atoms with Crippen LogP contribution >= 0.6 is 0 Å². The quantitative estimate of drug-likeness (QED) is 0.644. The summed E-state index contributed by atoms with van der Waals surface area (Å²) >= 11 is 0. The summed E-state index contributed by atoms with van der Waals surface area (Å²) in [6.45, 7) is 0. The maximum atomic E-state index is 10.6. The first-order valence-corrected chi connectivity index (χ1v) is 9.25. The van der Waals surface area contributed by atoms with Crippen molar-refractivity contribution < 1.29 is 30.0 Å². The van der Waals surface area contributed by atoms with Crippen LogP contribution in [0.1, 0.15) is 36.8 Å². The molecule has 6 nitrogen and oxygen atoms in total. The van der Waals surface area contributed by atoms with Gasteiger partial charge in [0.05, 0.1) is 23.0 Å². The molecule has 0 heterocycles. The van der Waals surface area contributed by atoms with E-state index in [4.69, 9.17) is 10.2 Å². The Balaban J connectivity index is 0.000000161.